The smallest absolute Gasteiger partial charge is 0.272 e. The van der Waals surface area contributed by atoms with Gasteiger partial charge in [0.2, 0.25) is 0 Å². The Kier molecular flexibility index (Phi) is 3.98. The van der Waals surface area contributed by atoms with E-state index in [1.54, 1.807) is 12.3 Å². The lowest BCUT2D eigenvalue weighted by atomic mass is 10.1. The summed E-state index contributed by atoms with van der Waals surface area (Å²) in [7, 11) is 0. The van der Waals surface area contributed by atoms with Gasteiger partial charge in [0.1, 0.15) is 11.8 Å². The molecular weight excluding hydrogens is 256 g/mol. The molecule has 20 heavy (non-hydrogen) atoms. The average molecular weight is 276 g/mol. The van der Waals surface area contributed by atoms with Crippen LogP contribution in [0.5, 0.6) is 0 Å². The number of hydrogen-bond acceptors (Lipinski definition) is 4. The van der Waals surface area contributed by atoms with Gasteiger partial charge in [-0.05, 0) is 31.9 Å². The summed E-state index contributed by atoms with van der Waals surface area (Å²) >= 11 is 0. The van der Waals surface area contributed by atoms with E-state index < -0.39 is 0 Å². The first-order valence-electron chi connectivity index (χ1n) is 7.26. The first-order valence-corrected chi connectivity index (χ1v) is 7.26. The van der Waals surface area contributed by atoms with Gasteiger partial charge in [0.15, 0.2) is 0 Å². The number of carbonyl (C=O) groups is 1. The summed E-state index contributed by atoms with van der Waals surface area (Å²) in [6.07, 6.45) is 3.67. The maximum Gasteiger partial charge on any atom is 0.272 e. The molecule has 108 valence electrons. The number of rotatable bonds is 3. The second-order valence-corrected chi connectivity index (χ2v) is 5.19. The van der Waals surface area contributed by atoms with Crippen LogP contribution in [0.3, 0.4) is 0 Å². The van der Waals surface area contributed by atoms with E-state index in [4.69, 9.17) is 9.47 Å². The molecule has 1 aromatic heterocycles. The van der Waals surface area contributed by atoms with E-state index in [1.165, 1.54) is 0 Å². The first kappa shape index (κ1) is 13.5. The number of pyridine rings is 1. The van der Waals surface area contributed by atoms with Crippen LogP contribution in [0.2, 0.25) is 0 Å². The molecule has 0 radical (unpaired) electrons. The number of fused-ring (bicyclic) bond motifs is 1. The summed E-state index contributed by atoms with van der Waals surface area (Å²) in [6.45, 7) is 3.89. The summed E-state index contributed by atoms with van der Waals surface area (Å²) in [4.78, 5) is 18.6. The molecule has 2 heterocycles. The Morgan fingerprint density at radius 1 is 1.50 bits per heavy atom. The highest BCUT2D eigenvalue weighted by atomic mass is 16.5. The van der Waals surface area contributed by atoms with E-state index in [9.17, 15) is 4.79 Å². The highest BCUT2D eigenvalue weighted by Gasteiger charge is 2.45. The average Bonchev–Trinajstić information content (AvgIpc) is 2.91. The zero-order valence-electron chi connectivity index (χ0n) is 11.7. The van der Waals surface area contributed by atoms with E-state index in [0.717, 1.165) is 12.8 Å². The summed E-state index contributed by atoms with van der Waals surface area (Å²) in [5.74, 6) is 0.000971. The number of hydrogen-bond donors (Lipinski definition) is 0. The van der Waals surface area contributed by atoms with Crippen LogP contribution in [0.25, 0.3) is 0 Å². The van der Waals surface area contributed by atoms with Crippen LogP contribution >= 0.6 is 0 Å². The molecule has 1 aromatic rings. The third-order valence-electron chi connectivity index (χ3n) is 4.06. The van der Waals surface area contributed by atoms with Crippen molar-refractivity contribution in [3.05, 3.63) is 30.1 Å². The summed E-state index contributed by atoms with van der Waals surface area (Å²) in [5.41, 5.74) is 0.507. The number of aromatic nitrogens is 1. The van der Waals surface area contributed by atoms with Crippen molar-refractivity contribution in [2.75, 3.05) is 19.8 Å². The second kappa shape index (κ2) is 5.89. The Morgan fingerprint density at radius 2 is 2.40 bits per heavy atom. The second-order valence-electron chi connectivity index (χ2n) is 5.19. The lowest BCUT2D eigenvalue weighted by Gasteiger charge is -2.38. The Labute approximate surface area is 118 Å². The number of amides is 1. The molecule has 1 aliphatic heterocycles. The fourth-order valence-corrected chi connectivity index (χ4v) is 3.20. The lowest BCUT2D eigenvalue weighted by Crippen LogP contribution is -2.54. The Balaban J connectivity index is 1.76. The quantitative estimate of drug-likeness (QED) is 0.839. The molecule has 3 rings (SSSR count). The predicted molar refractivity (Wildman–Crippen MR) is 73.4 cm³/mol. The maximum absolute atomic E-state index is 12.6. The fourth-order valence-electron chi connectivity index (χ4n) is 3.20. The molecule has 0 spiro atoms. The van der Waals surface area contributed by atoms with Gasteiger partial charge in [-0.3, -0.25) is 9.78 Å². The molecule has 0 aromatic carbocycles. The SMILES string of the molecule is CCO[C@@H]1CC[C@H]2[C@H]1OCCN2C(=O)c1ccccn1. The van der Waals surface area contributed by atoms with Crippen molar-refractivity contribution in [3.63, 3.8) is 0 Å². The molecule has 1 aliphatic carbocycles. The van der Waals surface area contributed by atoms with Crippen molar-refractivity contribution in [1.29, 1.82) is 0 Å². The van der Waals surface area contributed by atoms with Gasteiger partial charge in [-0.15, -0.1) is 0 Å². The van der Waals surface area contributed by atoms with Crippen molar-refractivity contribution in [1.82, 2.24) is 9.88 Å². The topological polar surface area (TPSA) is 51.7 Å². The standard InChI is InChI=1S/C15H20N2O3/c1-2-19-13-7-6-12-14(13)20-10-9-17(12)15(18)11-5-3-4-8-16-11/h3-5,8,12-14H,2,6-7,9-10H2,1H3/t12-,13+,14+/m0/s1. The molecule has 0 bridgehead atoms. The predicted octanol–water partition coefficient (Wildman–Crippen LogP) is 1.49. The highest BCUT2D eigenvalue weighted by Crippen LogP contribution is 2.32. The molecule has 1 amide bonds. The van der Waals surface area contributed by atoms with E-state index in [0.29, 0.717) is 25.5 Å². The Bertz CT molecular complexity index is 465. The highest BCUT2D eigenvalue weighted by molar-refractivity contribution is 5.92. The van der Waals surface area contributed by atoms with Gasteiger partial charge in [0.05, 0.1) is 18.8 Å². The Hall–Kier alpha value is -1.46. The largest absolute Gasteiger partial charge is 0.376 e. The molecule has 5 heteroatoms. The van der Waals surface area contributed by atoms with Gasteiger partial charge in [-0.1, -0.05) is 6.07 Å². The van der Waals surface area contributed by atoms with Crippen molar-refractivity contribution in [2.24, 2.45) is 0 Å². The number of morpholine rings is 1. The Morgan fingerprint density at radius 3 is 3.15 bits per heavy atom. The number of carbonyl (C=O) groups excluding carboxylic acids is 1. The van der Waals surface area contributed by atoms with Crippen LogP contribution in [0.15, 0.2) is 24.4 Å². The molecule has 1 saturated carbocycles. The number of nitrogens with zero attached hydrogens (tertiary/aromatic N) is 2. The normalized spacial score (nSPS) is 29.2. The van der Waals surface area contributed by atoms with Crippen LogP contribution < -0.4 is 0 Å². The molecular formula is C15H20N2O3. The van der Waals surface area contributed by atoms with Crippen molar-refractivity contribution in [3.8, 4) is 0 Å². The zero-order chi connectivity index (χ0) is 13.9. The monoisotopic (exact) mass is 276 g/mol. The number of ether oxygens (including phenoxy) is 2. The maximum atomic E-state index is 12.6. The third-order valence-corrected chi connectivity index (χ3v) is 4.06. The van der Waals surface area contributed by atoms with Crippen LogP contribution in [0, 0.1) is 0 Å². The van der Waals surface area contributed by atoms with Gasteiger partial charge in [0, 0.05) is 19.3 Å². The van der Waals surface area contributed by atoms with Gasteiger partial charge in [-0.2, -0.15) is 0 Å². The summed E-state index contributed by atoms with van der Waals surface area (Å²) in [5, 5.41) is 0. The van der Waals surface area contributed by atoms with Crippen LogP contribution in [0.1, 0.15) is 30.3 Å². The van der Waals surface area contributed by atoms with Crippen molar-refractivity contribution < 1.29 is 14.3 Å². The fraction of sp³-hybridized carbons (Fsp3) is 0.600. The molecule has 0 unspecified atom stereocenters. The third kappa shape index (κ3) is 2.43. The van der Waals surface area contributed by atoms with Crippen molar-refractivity contribution in [2.45, 2.75) is 38.0 Å². The summed E-state index contributed by atoms with van der Waals surface area (Å²) in [6, 6.07) is 5.55. The van der Waals surface area contributed by atoms with Crippen LogP contribution in [0.4, 0.5) is 0 Å². The van der Waals surface area contributed by atoms with E-state index in [2.05, 4.69) is 4.98 Å². The molecule has 3 atom stereocenters. The van der Waals surface area contributed by atoms with E-state index in [1.807, 2.05) is 24.0 Å². The molecule has 5 nitrogen and oxygen atoms in total. The minimum Gasteiger partial charge on any atom is -0.376 e. The minimum absolute atomic E-state index is 0.000971. The zero-order valence-corrected chi connectivity index (χ0v) is 11.7. The van der Waals surface area contributed by atoms with Gasteiger partial charge in [-0.25, -0.2) is 0 Å². The molecule has 2 aliphatic rings. The first-order chi connectivity index (χ1) is 9.81. The van der Waals surface area contributed by atoms with Crippen LogP contribution in [-0.2, 0) is 9.47 Å². The minimum atomic E-state index is 0.000971. The van der Waals surface area contributed by atoms with Gasteiger partial charge >= 0.3 is 0 Å². The molecule has 1 saturated heterocycles. The van der Waals surface area contributed by atoms with Crippen LogP contribution in [-0.4, -0.2) is 53.8 Å². The molecule has 0 N–H and O–H groups in total. The van der Waals surface area contributed by atoms with Gasteiger partial charge < -0.3 is 14.4 Å². The lowest BCUT2D eigenvalue weighted by molar-refractivity contribution is -0.102. The van der Waals surface area contributed by atoms with Crippen molar-refractivity contribution >= 4 is 5.91 Å². The summed E-state index contributed by atoms with van der Waals surface area (Å²) < 4.78 is 11.6. The van der Waals surface area contributed by atoms with Gasteiger partial charge in [0.25, 0.3) is 5.91 Å². The van der Waals surface area contributed by atoms with E-state index in [-0.39, 0.29) is 24.2 Å². The molecule has 2 fully saturated rings. The van der Waals surface area contributed by atoms with E-state index >= 15 is 0 Å².